The second-order valence-corrected chi connectivity index (χ2v) is 6.17. The fourth-order valence-corrected chi connectivity index (χ4v) is 3.01. The van der Waals surface area contributed by atoms with Gasteiger partial charge in [-0.05, 0) is 35.5 Å². The minimum Gasteiger partial charge on any atom is -0.0651 e. The van der Waals surface area contributed by atoms with Gasteiger partial charge in [0.15, 0.2) is 0 Å². The van der Waals surface area contributed by atoms with Crippen molar-refractivity contribution in [1.29, 1.82) is 0 Å². The van der Waals surface area contributed by atoms with Crippen LogP contribution in [0.1, 0.15) is 61.8 Å². The zero-order valence-corrected chi connectivity index (χ0v) is 12.2. The molecule has 0 saturated heterocycles. The number of hydrogen-bond donors (Lipinski definition) is 0. The summed E-state index contributed by atoms with van der Waals surface area (Å²) in [5, 5.41) is 0. The SMILES string of the molecule is CCC(C)C(C(C)C)C(C)C(C)C(C)C. The van der Waals surface area contributed by atoms with E-state index in [9.17, 15) is 0 Å². The van der Waals surface area contributed by atoms with Crippen molar-refractivity contribution in [3.63, 3.8) is 0 Å². The molecule has 0 bridgehead atoms. The number of rotatable bonds is 6. The molecule has 0 N–H and O–H groups in total. The Kier molecular flexibility index (Phi) is 6.55. The molecule has 0 rings (SSSR count). The van der Waals surface area contributed by atoms with Gasteiger partial charge in [0, 0.05) is 0 Å². The van der Waals surface area contributed by atoms with Crippen molar-refractivity contribution in [2.24, 2.45) is 35.5 Å². The van der Waals surface area contributed by atoms with Gasteiger partial charge >= 0.3 is 0 Å². The van der Waals surface area contributed by atoms with E-state index in [1.807, 2.05) is 0 Å². The summed E-state index contributed by atoms with van der Waals surface area (Å²) in [6, 6.07) is 0. The first-order valence-corrected chi connectivity index (χ1v) is 6.82. The van der Waals surface area contributed by atoms with Gasteiger partial charge in [0.25, 0.3) is 0 Å². The lowest BCUT2D eigenvalue weighted by molar-refractivity contribution is 0.116. The summed E-state index contributed by atoms with van der Waals surface area (Å²) in [4.78, 5) is 0. The predicted molar refractivity (Wildman–Crippen MR) is 70.9 cm³/mol. The molecule has 0 amide bonds. The molecule has 0 saturated carbocycles. The summed E-state index contributed by atoms with van der Waals surface area (Å²) in [5.41, 5.74) is 0. The molecule has 0 aliphatic heterocycles. The average Bonchev–Trinajstić information content (AvgIpc) is 2.15. The first kappa shape index (κ1) is 15.0. The van der Waals surface area contributed by atoms with Crippen molar-refractivity contribution in [1.82, 2.24) is 0 Å². The molecule has 0 aliphatic rings. The van der Waals surface area contributed by atoms with Crippen LogP contribution in [0.5, 0.6) is 0 Å². The van der Waals surface area contributed by atoms with Gasteiger partial charge in [-0.15, -0.1) is 0 Å². The molecule has 0 heterocycles. The minimum atomic E-state index is 0.810. The van der Waals surface area contributed by atoms with Gasteiger partial charge in [-0.1, -0.05) is 61.8 Å². The van der Waals surface area contributed by atoms with Crippen LogP contribution in [-0.4, -0.2) is 0 Å². The normalized spacial score (nSPS) is 20.4. The quantitative estimate of drug-likeness (QED) is 0.565. The minimum absolute atomic E-state index is 0.810. The second kappa shape index (κ2) is 6.55. The predicted octanol–water partition coefficient (Wildman–Crippen LogP) is 5.23. The third-order valence-electron chi connectivity index (χ3n) is 4.56. The van der Waals surface area contributed by atoms with E-state index in [4.69, 9.17) is 0 Å². The third kappa shape index (κ3) is 4.17. The molecule has 0 heteroatoms. The Morgan fingerprint density at radius 1 is 0.667 bits per heavy atom. The van der Waals surface area contributed by atoms with E-state index in [0.717, 1.165) is 35.5 Å². The first-order chi connectivity index (χ1) is 6.82. The third-order valence-corrected chi connectivity index (χ3v) is 4.56. The van der Waals surface area contributed by atoms with Crippen LogP contribution in [0.4, 0.5) is 0 Å². The van der Waals surface area contributed by atoms with Crippen molar-refractivity contribution in [3.05, 3.63) is 0 Å². The monoisotopic (exact) mass is 212 g/mol. The van der Waals surface area contributed by atoms with Crippen LogP contribution in [0.15, 0.2) is 0 Å². The summed E-state index contributed by atoms with van der Waals surface area (Å²) in [5.74, 6) is 5.06. The standard InChI is InChI=1S/C15H32/c1-9-12(6)15(11(4)5)14(8)13(7)10(2)3/h10-15H,9H2,1-8H3. The molecule has 0 aliphatic carbocycles. The summed E-state index contributed by atoms with van der Waals surface area (Å²) in [6.45, 7) is 19.1. The Hall–Kier alpha value is 0. The zero-order chi connectivity index (χ0) is 12.2. The molecule has 0 fully saturated rings. The van der Waals surface area contributed by atoms with Crippen LogP contribution in [0.3, 0.4) is 0 Å². The Labute approximate surface area is 97.8 Å². The lowest BCUT2D eigenvalue weighted by atomic mass is 9.68. The highest BCUT2D eigenvalue weighted by Gasteiger charge is 2.30. The van der Waals surface area contributed by atoms with Gasteiger partial charge in [0.1, 0.15) is 0 Å². The summed E-state index contributed by atoms with van der Waals surface area (Å²) < 4.78 is 0. The van der Waals surface area contributed by atoms with E-state index in [1.54, 1.807) is 0 Å². The molecular formula is C15H32. The van der Waals surface area contributed by atoms with E-state index in [2.05, 4.69) is 55.4 Å². The molecule has 92 valence electrons. The molecule has 4 atom stereocenters. The summed E-state index contributed by atoms with van der Waals surface area (Å²) in [6.07, 6.45) is 1.32. The molecule has 4 unspecified atom stereocenters. The van der Waals surface area contributed by atoms with E-state index in [-0.39, 0.29) is 0 Å². The maximum atomic E-state index is 2.46. The molecule has 0 aromatic carbocycles. The maximum Gasteiger partial charge on any atom is -0.0337 e. The van der Waals surface area contributed by atoms with Crippen LogP contribution >= 0.6 is 0 Å². The van der Waals surface area contributed by atoms with Crippen molar-refractivity contribution < 1.29 is 0 Å². The molecule has 0 spiro atoms. The molecular weight excluding hydrogens is 180 g/mol. The van der Waals surface area contributed by atoms with E-state index >= 15 is 0 Å². The largest absolute Gasteiger partial charge is 0.0651 e. The van der Waals surface area contributed by atoms with Crippen LogP contribution < -0.4 is 0 Å². The topological polar surface area (TPSA) is 0 Å². The van der Waals surface area contributed by atoms with Crippen LogP contribution in [0, 0.1) is 35.5 Å². The van der Waals surface area contributed by atoms with E-state index in [1.165, 1.54) is 6.42 Å². The Bertz CT molecular complexity index is 157. The average molecular weight is 212 g/mol. The second-order valence-electron chi connectivity index (χ2n) is 6.17. The lowest BCUT2D eigenvalue weighted by Crippen LogP contribution is -2.30. The lowest BCUT2D eigenvalue weighted by Gasteiger charge is -2.37. The highest BCUT2D eigenvalue weighted by atomic mass is 14.3. The number of hydrogen-bond acceptors (Lipinski definition) is 0. The van der Waals surface area contributed by atoms with Crippen molar-refractivity contribution in [2.75, 3.05) is 0 Å². The van der Waals surface area contributed by atoms with Gasteiger partial charge in [-0.3, -0.25) is 0 Å². The van der Waals surface area contributed by atoms with Gasteiger partial charge in [0.05, 0.1) is 0 Å². The fraction of sp³-hybridized carbons (Fsp3) is 1.00. The Morgan fingerprint density at radius 3 is 1.40 bits per heavy atom. The highest BCUT2D eigenvalue weighted by Crippen LogP contribution is 2.37. The van der Waals surface area contributed by atoms with Crippen molar-refractivity contribution >= 4 is 0 Å². The molecule has 0 radical (unpaired) electrons. The first-order valence-electron chi connectivity index (χ1n) is 6.82. The van der Waals surface area contributed by atoms with Gasteiger partial charge in [0.2, 0.25) is 0 Å². The van der Waals surface area contributed by atoms with Gasteiger partial charge in [-0.2, -0.15) is 0 Å². The smallest absolute Gasteiger partial charge is 0.0337 e. The molecule has 0 aromatic rings. The van der Waals surface area contributed by atoms with Crippen molar-refractivity contribution in [2.45, 2.75) is 61.8 Å². The molecule has 0 aromatic heterocycles. The van der Waals surface area contributed by atoms with E-state index < -0.39 is 0 Å². The van der Waals surface area contributed by atoms with Gasteiger partial charge < -0.3 is 0 Å². The molecule has 15 heavy (non-hydrogen) atoms. The van der Waals surface area contributed by atoms with Crippen LogP contribution in [0.2, 0.25) is 0 Å². The summed E-state index contributed by atoms with van der Waals surface area (Å²) >= 11 is 0. The van der Waals surface area contributed by atoms with Crippen LogP contribution in [-0.2, 0) is 0 Å². The zero-order valence-electron chi connectivity index (χ0n) is 12.2. The Morgan fingerprint density at radius 2 is 1.13 bits per heavy atom. The van der Waals surface area contributed by atoms with Crippen molar-refractivity contribution in [3.8, 4) is 0 Å². The summed E-state index contributed by atoms with van der Waals surface area (Å²) in [7, 11) is 0. The highest BCUT2D eigenvalue weighted by molar-refractivity contribution is 4.78. The maximum absolute atomic E-state index is 2.46. The van der Waals surface area contributed by atoms with Crippen LogP contribution in [0.25, 0.3) is 0 Å². The molecule has 0 nitrogen and oxygen atoms in total. The fourth-order valence-electron chi connectivity index (χ4n) is 3.01. The Balaban J connectivity index is 4.62. The van der Waals surface area contributed by atoms with Gasteiger partial charge in [-0.25, -0.2) is 0 Å². The van der Waals surface area contributed by atoms with E-state index in [0.29, 0.717) is 0 Å².